The largest absolute Gasteiger partial charge is 0.359 e. The fraction of sp³-hybridized carbons (Fsp3) is 0.222. The Kier molecular flexibility index (Phi) is 5.50. The molecule has 0 saturated carbocycles. The van der Waals surface area contributed by atoms with Crippen LogP contribution in [-0.4, -0.2) is 13.0 Å². The Morgan fingerprint density at radius 1 is 1.57 bits per heavy atom. The van der Waals surface area contributed by atoms with Crippen molar-refractivity contribution in [3.8, 4) is 0 Å². The third-order valence-electron chi connectivity index (χ3n) is 1.63. The highest BCUT2D eigenvalue weighted by atomic mass is 35.5. The molecule has 1 rings (SSSR count). The molecule has 0 bridgehead atoms. The molecular weight excluding hydrogens is 228 g/mol. The molecule has 0 spiro atoms. The first-order valence-electron chi connectivity index (χ1n) is 3.78. The fourth-order valence-electron chi connectivity index (χ4n) is 0.923. The Morgan fingerprint density at radius 3 is 2.71 bits per heavy atom. The van der Waals surface area contributed by atoms with Crippen LogP contribution in [0.3, 0.4) is 0 Å². The van der Waals surface area contributed by atoms with Crippen molar-refractivity contribution < 1.29 is 9.18 Å². The summed E-state index contributed by atoms with van der Waals surface area (Å²) in [5.74, 6) is -0.593. The minimum atomic E-state index is -0.470. The van der Waals surface area contributed by atoms with E-state index >= 15 is 0 Å². The summed E-state index contributed by atoms with van der Waals surface area (Å²) in [6.07, 6.45) is 0.219. The predicted molar refractivity (Wildman–Crippen MR) is 56.4 cm³/mol. The number of amides is 1. The van der Waals surface area contributed by atoms with Crippen molar-refractivity contribution in [3.05, 3.63) is 34.6 Å². The number of likely N-dealkylation sites (N-methyl/N-ethyl adjacent to an activating group) is 1. The molecule has 0 heterocycles. The van der Waals surface area contributed by atoms with Crippen LogP contribution >= 0.6 is 24.0 Å². The molecule has 14 heavy (non-hydrogen) atoms. The molecule has 0 saturated heterocycles. The quantitative estimate of drug-likeness (QED) is 0.840. The molecule has 0 aliphatic carbocycles. The second-order valence-corrected chi connectivity index (χ2v) is 3.01. The lowest BCUT2D eigenvalue weighted by Gasteiger charge is -2.01. The van der Waals surface area contributed by atoms with Gasteiger partial charge >= 0.3 is 0 Å². The standard InChI is InChI=1S/C9H9ClFNO.ClH/c1-12-9(13)5-6-2-3-8(11)7(10)4-6;/h2-4H,5H2,1H3,(H,12,13);1H. The SMILES string of the molecule is CNC(=O)Cc1ccc(F)c(Cl)c1.Cl. The smallest absolute Gasteiger partial charge is 0.224 e. The number of carbonyl (C=O) groups excluding carboxylic acids is 1. The minimum Gasteiger partial charge on any atom is -0.359 e. The average molecular weight is 238 g/mol. The van der Waals surface area contributed by atoms with E-state index in [1.807, 2.05) is 0 Å². The zero-order chi connectivity index (χ0) is 9.84. The van der Waals surface area contributed by atoms with Gasteiger partial charge in [0.2, 0.25) is 5.91 Å². The van der Waals surface area contributed by atoms with Crippen LogP contribution in [0.2, 0.25) is 5.02 Å². The van der Waals surface area contributed by atoms with Gasteiger partial charge in [-0.1, -0.05) is 17.7 Å². The van der Waals surface area contributed by atoms with E-state index < -0.39 is 5.82 Å². The molecule has 1 aromatic rings. The zero-order valence-electron chi connectivity index (χ0n) is 7.51. The number of nitrogens with one attached hydrogen (secondary N) is 1. The first kappa shape index (κ1) is 13.2. The Hall–Kier alpha value is -0.800. The summed E-state index contributed by atoms with van der Waals surface area (Å²) in [7, 11) is 1.55. The number of halogens is 3. The van der Waals surface area contributed by atoms with Gasteiger partial charge < -0.3 is 5.32 Å². The van der Waals surface area contributed by atoms with Crippen LogP contribution in [0.5, 0.6) is 0 Å². The highest BCUT2D eigenvalue weighted by Gasteiger charge is 2.04. The third kappa shape index (κ3) is 3.52. The maximum absolute atomic E-state index is 12.7. The van der Waals surface area contributed by atoms with Crippen molar-refractivity contribution in [1.29, 1.82) is 0 Å². The molecule has 78 valence electrons. The second kappa shape index (κ2) is 5.83. The minimum absolute atomic E-state index is 0. The first-order valence-corrected chi connectivity index (χ1v) is 4.16. The number of hydrogen-bond acceptors (Lipinski definition) is 1. The molecule has 0 unspecified atom stereocenters. The molecule has 2 nitrogen and oxygen atoms in total. The second-order valence-electron chi connectivity index (χ2n) is 2.60. The third-order valence-corrected chi connectivity index (χ3v) is 1.92. The Morgan fingerprint density at radius 2 is 2.21 bits per heavy atom. The van der Waals surface area contributed by atoms with Crippen LogP contribution in [0, 0.1) is 5.82 Å². The Bertz CT molecular complexity index is 331. The van der Waals surface area contributed by atoms with Crippen LogP contribution in [0.4, 0.5) is 4.39 Å². The van der Waals surface area contributed by atoms with E-state index in [0.29, 0.717) is 5.56 Å². The van der Waals surface area contributed by atoms with E-state index in [9.17, 15) is 9.18 Å². The summed E-state index contributed by atoms with van der Waals surface area (Å²) in [6, 6.07) is 4.24. The average Bonchev–Trinajstić information content (AvgIpc) is 2.11. The molecular formula is C9H10Cl2FNO. The maximum Gasteiger partial charge on any atom is 0.224 e. The molecule has 0 radical (unpaired) electrons. The lowest BCUT2D eigenvalue weighted by atomic mass is 10.1. The van der Waals surface area contributed by atoms with E-state index in [2.05, 4.69) is 5.32 Å². The topological polar surface area (TPSA) is 29.1 Å². The number of rotatable bonds is 2. The molecule has 0 aliphatic rings. The molecule has 0 fully saturated rings. The summed E-state index contributed by atoms with van der Waals surface area (Å²) in [4.78, 5) is 10.9. The monoisotopic (exact) mass is 237 g/mol. The molecule has 1 aromatic carbocycles. The van der Waals surface area contributed by atoms with Gasteiger partial charge in [0, 0.05) is 7.05 Å². The van der Waals surface area contributed by atoms with Gasteiger partial charge in [-0.05, 0) is 17.7 Å². The molecule has 0 atom stereocenters. The fourth-order valence-corrected chi connectivity index (χ4v) is 1.13. The summed E-state index contributed by atoms with van der Waals surface area (Å²) in [5, 5.41) is 2.51. The molecule has 0 aromatic heterocycles. The van der Waals surface area contributed by atoms with Gasteiger partial charge in [-0.25, -0.2) is 4.39 Å². The predicted octanol–water partition coefficient (Wildman–Crippen LogP) is 2.19. The summed E-state index contributed by atoms with van der Waals surface area (Å²) >= 11 is 5.53. The van der Waals surface area contributed by atoms with Crippen LogP contribution in [0.15, 0.2) is 18.2 Å². The number of carbonyl (C=O) groups is 1. The van der Waals surface area contributed by atoms with Crippen LogP contribution in [0.25, 0.3) is 0 Å². The maximum atomic E-state index is 12.7. The van der Waals surface area contributed by atoms with Gasteiger partial charge in [0.05, 0.1) is 11.4 Å². The normalized spacial score (nSPS) is 9.07. The van der Waals surface area contributed by atoms with E-state index in [0.717, 1.165) is 0 Å². The van der Waals surface area contributed by atoms with Gasteiger partial charge in [-0.3, -0.25) is 4.79 Å². The Labute approximate surface area is 92.9 Å². The summed E-state index contributed by atoms with van der Waals surface area (Å²) in [6.45, 7) is 0. The number of benzene rings is 1. The van der Waals surface area contributed by atoms with E-state index in [1.54, 1.807) is 7.05 Å². The van der Waals surface area contributed by atoms with Gasteiger partial charge in [0.15, 0.2) is 0 Å². The molecule has 5 heteroatoms. The van der Waals surface area contributed by atoms with Gasteiger partial charge in [-0.15, -0.1) is 12.4 Å². The zero-order valence-corrected chi connectivity index (χ0v) is 9.08. The van der Waals surface area contributed by atoms with Crippen LogP contribution in [0.1, 0.15) is 5.56 Å². The Balaban J connectivity index is 0.00000169. The van der Waals surface area contributed by atoms with E-state index in [1.165, 1.54) is 18.2 Å². The first-order chi connectivity index (χ1) is 6.13. The van der Waals surface area contributed by atoms with Crippen molar-refractivity contribution in [1.82, 2.24) is 5.32 Å². The van der Waals surface area contributed by atoms with Gasteiger partial charge in [-0.2, -0.15) is 0 Å². The summed E-state index contributed by atoms with van der Waals surface area (Å²) in [5.41, 5.74) is 0.700. The van der Waals surface area contributed by atoms with Gasteiger partial charge in [0.1, 0.15) is 5.82 Å². The molecule has 1 N–H and O–H groups in total. The van der Waals surface area contributed by atoms with E-state index in [4.69, 9.17) is 11.6 Å². The highest BCUT2D eigenvalue weighted by molar-refractivity contribution is 6.30. The van der Waals surface area contributed by atoms with Crippen molar-refractivity contribution >= 4 is 29.9 Å². The number of hydrogen-bond donors (Lipinski definition) is 1. The van der Waals surface area contributed by atoms with Crippen molar-refractivity contribution in [2.75, 3.05) is 7.05 Å². The van der Waals surface area contributed by atoms with E-state index in [-0.39, 0.29) is 29.8 Å². The van der Waals surface area contributed by atoms with Gasteiger partial charge in [0.25, 0.3) is 0 Å². The van der Waals surface area contributed by atoms with Crippen LogP contribution < -0.4 is 5.32 Å². The molecule has 1 amide bonds. The highest BCUT2D eigenvalue weighted by Crippen LogP contribution is 2.16. The lowest BCUT2D eigenvalue weighted by molar-refractivity contribution is -0.119. The van der Waals surface area contributed by atoms with Crippen LogP contribution in [-0.2, 0) is 11.2 Å². The van der Waals surface area contributed by atoms with Crippen molar-refractivity contribution in [2.45, 2.75) is 6.42 Å². The molecule has 0 aliphatic heterocycles. The van der Waals surface area contributed by atoms with Crippen molar-refractivity contribution in [2.24, 2.45) is 0 Å². The summed E-state index contributed by atoms with van der Waals surface area (Å²) < 4.78 is 12.7. The van der Waals surface area contributed by atoms with Crippen molar-refractivity contribution in [3.63, 3.8) is 0 Å². The lowest BCUT2D eigenvalue weighted by Crippen LogP contribution is -2.19.